The van der Waals surface area contributed by atoms with Crippen molar-refractivity contribution in [2.24, 2.45) is 0 Å². The van der Waals surface area contributed by atoms with Gasteiger partial charge in [-0.25, -0.2) is 13.1 Å². The molecule has 0 fully saturated rings. The van der Waals surface area contributed by atoms with Gasteiger partial charge in [-0.2, -0.15) is 0 Å². The zero-order valence-corrected chi connectivity index (χ0v) is 10.6. The number of rotatable bonds is 5. The molecule has 0 saturated heterocycles. The predicted octanol–water partition coefficient (Wildman–Crippen LogP) is 1.06. The van der Waals surface area contributed by atoms with Crippen LogP contribution in [0.2, 0.25) is 0 Å². The number of hydrogen-bond acceptors (Lipinski definition) is 4. The molecule has 16 heavy (non-hydrogen) atoms. The summed E-state index contributed by atoms with van der Waals surface area (Å²) >= 11 is 0.979. The molecular weight excluding hydrogens is 250 g/mol. The van der Waals surface area contributed by atoms with Crippen LogP contribution < -0.4 is 4.72 Å². The molecule has 0 bridgehead atoms. The monoisotopic (exact) mass is 263 g/mol. The molecule has 2 N–H and O–H groups in total. The van der Waals surface area contributed by atoms with E-state index in [9.17, 15) is 13.2 Å². The molecule has 1 heterocycles. The zero-order chi connectivity index (χ0) is 12.3. The molecule has 0 aliphatic rings. The Kier molecular flexibility index (Phi) is 4.06. The van der Waals surface area contributed by atoms with E-state index in [1.807, 2.05) is 0 Å². The number of carboxylic acids is 1. The zero-order valence-electron chi connectivity index (χ0n) is 8.93. The minimum Gasteiger partial charge on any atom is -0.481 e. The Morgan fingerprint density at radius 1 is 1.50 bits per heavy atom. The third kappa shape index (κ3) is 3.58. The SMILES string of the molecule is CC(C)NS(=O)(=O)c1ccc(CC(=O)O)s1. The summed E-state index contributed by atoms with van der Waals surface area (Å²) in [6.07, 6.45) is -0.151. The molecule has 0 amide bonds. The molecule has 0 unspecified atom stereocenters. The highest BCUT2D eigenvalue weighted by atomic mass is 32.2. The van der Waals surface area contributed by atoms with Crippen LogP contribution in [0.1, 0.15) is 18.7 Å². The minimum atomic E-state index is -3.50. The van der Waals surface area contributed by atoms with Crippen molar-refractivity contribution in [1.82, 2.24) is 4.72 Å². The number of thiophene rings is 1. The van der Waals surface area contributed by atoms with Crippen LogP contribution in [0.15, 0.2) is 16.3 Å². The molecule has 5 nitrogen and oxygen atoms in total. The Bertz CT molecular complexity index is 475. The quantitative estimate of drug-likeness (QED) is 0.832. The van der Waals surface area contributed by atoms with Crippen molar-refractivity contribution >= 4 is 27.3 Å². The third-order valence-electron chi connectivity index (χ3n) is 1.62. The predicted molar refractivity (Wildman–Crippen MR) is 61.1 cm³/mol. The van der Waals surface area contributed by atoms with E-state index < -0.39 is 16.0 Å². The normalized spacial score (nSPS) is 11.9. The topological polar surface area (TPSA) is 83.5 Å². The van der Waals surface area contributed by atoms with Gasteiger partial charge in [0, 0.05) is 10.9 Å². The van der Waals surface area contributed by atoms with Gasteiger partial charge in [0.25, 0.3) is 0 Å². The Morgan fingerprint density at radius 3 is 2.62 bits per heavy atom. The first-order chi connectivity index (χ1) is 7.31. The lowest BCUT2D eigenvalue weighted by molar-refractivity contribution is -0.136. The van der Waals surface area contributed by atoms with Crippen LogP contribution in [0.4, 0.5) is 0 Å². The molecule has 7 heteroatoms. The average Bonchev–Trinajstić information content (AvgIpc) is 2.49. The maximum Gasteiger partial charge on any atom is 0.308 e. The molecule has 0 aliphatic heterocycles. The molecule has 0 aromatic carbocycles. The van der Waals surface area contributed by atoms with E-state index in [1.165, 1.54) is 12.1 Å². The lowest BCUT2D eigenvalue weighted by Crippen LogP contribution is -2.29. The van der Waals surface area contributed by atoms with Crippen molar-refractivity contribution in [2.75, 3.05) is 0 Å². The highest BCUT2D eigenvalue weighted by Gasteiger charge is 2.18. The van der Waals surface area contributed by atoms with Crippen molar-refractivity contribution in [3.05, 3.63) is 17.0 Å². The second-order valence-corrected chi connectivity index (χ2v) is 6.68. The van der Waals surface area contributed by atoms with E-state index in [-0.39, 0.29) is 16.7 Å². The van der Waals surface area contributed by atoms with Crippen LogP contribution in [-0.2, 0) is 21.2 Å². The molecular formula is C9H13NO4S2. The summed E-state index contributed by atoms with van der Waals surface area (Å²) in [5.41, 5.74) is 0. The van der Waals surface area contributed by atoms with Crippen molar-refractivity contribution < 1.29 is 18.3 Å². The summed E-state index contributed by atoms with van der Waals surface area (Å²) in [7, 11) is -3.50. The molecule has 0 aliphatic carbocycles. The van der Waals surface area contributed by atoms with Gasteiger partial charge in [-0.15, -0.1) is 11.3 Å². The van der Waals surface area contributed by atoms with Crippen LogP contribution in [0, 0.1) is 0 Å². The smallest absolute Gasteiger partial charge is 0.308 e. The standard InChI is InChI=1S/C9H13NO4S2/c1-6(2)10-16(13,14)9-4-3-7(15-9)5-8(11)12/h3-4,6,10H,5H2,1-2H3,(H,11,12). The Balaban J connectivity index is 2.89. The Morgan fingerprint density at radius 2 is 2.12 bits per heavy atom. The lowest BCUT2D eigenvalue weighted by Gasteiger charge is -2.06. The van der Waals surface area contributed by atoms with E-state index >= 15 is 0 Å². The van der Waals surface area contributed by atoms with Crippen molar-refractivity contribution in [2.45, 2.75) is 30.5 Å². The number of carbonyl (C=O) groups is 1. The van der Waals surface area contributed by atoms with Crippen molar-refractivity contribution in [3.63, 3.8) is 0 Å². The molecule has 0 atom stereocenters. The van der Waals surface area contributed by atoms with Crippen molar-refractivity contribution in [3.8, 4) is 0 Å². The number of aliphatic carboxylic acids is 1. The van der Waals surface area contributed by atoms with Crippen LogP contribution in [0.25, 0.3) is 0 Å². The summed E-state index contributed by atoms with van der Waals surface area (Å²) in [5.74, 6) is -0.970. The van der Waals surface area contributed by atoms with Gasteiger partial charge >= 0.3 is 5.97 Å². The van der Waals surface area contributed by atoms with Gasteiger partial charge < -0.3 is 5.11 Å². The molecule has 0 radical (unpaired) electrons. The molecule has 1 aromatic heterocycles. The lowest BCUT2D eigenvalue weighted by atomic mass is 10.3. The van der Waals surface area contributed by atoms with Gasteiger partial charge in [0.2, 0.25) is 10.0 Å². The largest absolute Gasteiger partial charge is 0.481 e. The number of nitrogens with one attached hydrogen (secondary N) is 1. The first-order valence-corrected chi connectivity index (χ1v) is 6.94. The van der Waals surface area contributed by atoms with Gasteiger partial charge in [0.15, 0.2) is 0 Å². The van der Waals surface area contributed by atoms with Gasteiger partial charge in [-0.3, -0.25) is 4.79 Å². The summed E-state index contributed by atoms with van der Waals surface area (Å²) < 4.78 is 26.0. The summed E-state index contributed by atoms with van der Waals surface area (Å²) in [6.45, 7) is 3.45. The number of carboxylic acid groups (broad SMARTS) is 1. The number of hydrogen-bond donors (Lipinski definition) is 2. The summed E-state index contributed by atoms with van der Waals surface area (Å²) in [6, 6.07) is 2.76. The van der Waals surface area contributed by atoms with Gasteiger partial charge in [0.1, 0.15) is 4.21 Å². The van der Waals surface area contributed by atoms with Crippen LogP contribution in [0.3, 0.4) is 0 Å². The summed E-state index contributed by atoms with van der Waals surface area (Å²) in [4.78, 5) is 11.0. The molecule has 0 spiro atoms. The molecule has 0 saturated carbocycles. The van der Waals surface area contributed by atoms with E-state index in [0.717, 1.165) is 11.3 Å². The first-order valence-electron chi connectivity index (χ1n) is 4.64. The van der Waals surface area contributed by atoms with Crippen LogP contribution >= 0.6 is 11.3 Å². The maximum atomic E-state index is 11.7. The highest BCUT2D eigenvalue weighted by Crippen LogP contribution is 2.22. The van der Waals surface area contributed by atoms with Gasteiger partial charge in [0.05, 0.1) is 6.42 Å². The first kappa shape index (κ1) is 13.1. The second-order valence-electron chi connectivity index (χ2n) is 3.57. The van der Waals surface area contributed by atoms with E-state index in [2.05, 4.69) is 4.72 Å². The minimum absolute atomic E-state index is 0.150. The fourth-order valence-corrected chi connectivity index (χ4v) is 3.73. The second kappa shape index (κ2) is 4.94. The fraction of sp³-hybridized carbons (Fsp3) is 0.444. The Hall–Kier alpha value is -0.920. The third-order valence-corrected chi connectivity index (χ3v) is 4.85. The Labute approximate surface area is 98.2 Å². The van der Waals surface area contributed by atoms with E-state index in [4.69, 9.17) is 5.11 Å². The fourth-order valence-electron chi connectivity index (χ4n) is 1.12. The van der Waals surface area contributed by atoms with E-state index in [0.29, 0.717) is 4.88 Å². The molecule has 1 aromatic rings. The molecule has 90 valence electrons. The van der Waals surface area contributed by atoms with Crippen LogP contribution in [0.5, 0.6) is 0 Å². The van der Waals surface area contributed by atoms with E-state index in [1.54, 1.807) is 13.8 Å². The van der Waals surface area contributed by atoms with Gasteiger partial charge in [-0.1, -0.05) is 0 Å². The highest BCUT2D eigenvalue weighted by molar-refractivity contribution is 7.91. The maximum absolute atomic E-state index is 11.7. The van der Waals surface area contributed by atoms with Crippen LogP contribution in [-0.4, -0.2) is 25.5 Å². The average molecular weight is 263 g/mol. The van der Waals surface area contributed by atoms with Gasteiger partial charge in [-0.05, 0) is 26.0 Å². The molecule has 1 rings (SSSR count). The van der Waals surface area contributed by atoms with Crippen molar-refractivity contribution in [1.29, 1.82) is 0 Å². The summed E-state index contributed by atoms with van der Waals surface area (Å²) in [5, 5.41) is 8.57. The number of sulfonamides is 1.